The molecule has 4 rings (SSSR count). The van der Waals surface area contributed by atoms with E-state index in [4.69, 9.17) is 0 Å². The fourth-order valence-electron chi connectivity index (χ4n) is 4.87. The van der Waals surface area contributed by atoms with Gasteiger partial charge in [0.15, 0.2) is 0 Å². The van der Waals surface area contributed by atoms with E-state index >= 15 is 0 Å². The molecule has 26 heavy (non-hydrogen) atoms. The van der Waals surface area contributed by atoms with Gasteiger partial charge in [-0.2, -0.15) is 0 Å². The smallest absolute Gasteiger partial charge is 0.115 e. The van der Waals surface area contributed by atoms with Crippen molar-refractivity contribution in [2.75, 3.05) is 19.6 Å². The van der Waals surface area contributed by atoms with E-state index in [0.29, 0.717) is 18.4 Å². The monoisotopic (exact) mass is 353 g/mol. The van der Waals surface area contributed by atoms with Crippen LogP contribution in [0.4, 0.5) is 0 Å². The molecule has 2 aliphatic rings. The molecule has 4 heteroatoms. The molecule has 0 aromatic heterocycles. The molecule has 1 aliphatic heterocycles. The largest absolute Gasteiger partial charge is 0.508 e. The first-order valence-electron chi connectivity index (χ1n) is 9.46. The Labute approximate surface area is 154 Å². The Kier molecular flexibility index (Phi) is 4.74. The second kappa shape index (κ2) is 7.03. The molecule has 1 saturated carbocycles. The number of rotatable bonds is 5. The summed E-state index contributed by atoms with van der Waals surface area (Å²) in [5, 5.41) is 30.9. The summed E-state index contributed by atoms with van der Waals surface area (Å²) in [5.41, 5.74) is 1.45. The van der Waals surface area contributed by atoms with Crippen LogP contribution in [0.25, 0.3) is 0 Å². The number of likely N-dealkylation sites (tertiary alicyclic amines) is 1. The van der Waals surface area contributed by atoms with Crippen molar-refractivity contribution >= 4 is 0 Å². The Morgan fingerprint density at radius 2 is 1.58 bits per heavy atom. The molecule has 0 amide bonds. The number of aliphatic hydroxyl groups excluding tert-OH is 1. The highest BCUT2D eigenvalue weighted by molar-refractivity contribution is 5.27. The van der Waals surface area contributed by atoms with Crippen molar-refractivity contribution in [3.8, 4) is 5.75 Å². The summed E-state index contributed by atoms with van der Waals surface area (Å²) in [6.45, 7) is 2.49. The zero-order chi connectivity index (χ0) is 18.1. The molecule has 138 valence electrons. The second-order valence-corrected chi connectivity index (χ2v) is 8.14. The van der Waals surface area contributed by atoms with Gasteiger partial charge in [0.25, 0.3) is 0 Å². The van der Waals surface area contributed by atoms with Gasteiger partial charge in [0.2, 0.25) is 0 Å². The van der Waals surface area contributed by atoms with Gasteiger partial charge in [0, 0.05) is 26.1 Å². The highest BCUT2D eigenvalue weighted by Crippen LogP contribution is 2.45. The predicted octanol–water partition coefficient (Wildman–Crippen LogP) is 2.74. The van der Waals surface area contributed by atoms with Crippen LogP contribution in [0.5, 0.6) is 5.75 Å². The fourth-order valence-corrected chi connectivity index (χ4v) is 4.87. The molecule has 2 fully saturated rings. The van der Waals surface area contributed by atoms with E-state index in [1.807, 2.05) is 18.2 Å². The molecule has 2 aromatic carbocycles. The van der Waals surface area contributed by atoms with Crippen LogP contribution in [0.15, 0.2) is 54.6 Å². The Morgan fingerprint density at radius 1 is 0.962 bits per heavy atom. The van der Waals surface area contributed by atoms with Crippen LogP contribution < -0.4 is 0 Å². The summed E-state index contributed by atoms with van der Waals surface area (Å²) in [7, 11) is 0. The van der Waals surface area contributed by atoms with E-state index in [1.54, 1.807) is 24.3 Å². The van der Waals surface area contributed by atoms with E-state index < -0.39 is 11.7 Å². The standard InChI is InChI=1S/C22H27NO3/c24-20-8-6-17(7-9-20)21(25)15-23-13-18-11-22(26,12-19(18)14-23)10-16-4-2-1-3-5-16/h1-9,18-19,21,24-26H,10-15H2/t18-,19?,21+,22-/m1/s1. The van der Waals surface area contributed by atoms with Gasteiger partial charge < -0.3 is 15.3 Å². The molecule has 1 aliphatic carbocycles. The van der Waals surface area contributed by atoms with Crippen LogP contribution in [-0.2, 0) is 6.42 Å². The molecule has 3 N–H and O–H groups in total. The SMILES string of the molecule is Oc1ccc([C@@H](O)CN2CC3C[C@@](O)(Cc4ccccc4)C[C@@H]3C2)cc1. The van der Waals surface area contributed by atoms with E-state index in [0.717, 1.165) is 37.9 Å². The Morgan fingerprint density at radius 3 is 2.19 bits per heavy atom. The maximum Gasteiger partial charge on any atom is 0.115 e. The van der Waals surface area contributed by atoms with Crippen molar-refractivity contribution in [3.63, 3.8) is 0 Å². The molecule has 1 heterocycles. The van der Waals surface area contributed by atoms with Crippen LogP contribution >= 0.6 is 0 Å². The van der Waals surface area contributed by atoms with E-state index in [1.165, 1.54) is 5.56 Å². The third kappa shape index (κ3) is 3.78. The summed E-state index contributed by atoms with van der Waals surface area (Å²) < 4.78 is 0. The fraction of sp³-hybridized carbons (Fsp3) is 0.455. The number of hydrogen-bond donors (Lipinski definition) is 3. The zero-order valence-corrected chi connectivity index (χ0v) is 15.0. The summed E-state index contributed by atoms with van der Waals surface area (Å²) in [5.74, 6) is 1.24. The van der Waals surface area contributed by atoms with E-state index in [2.05, 4.69) is 17.0 Å². The lowest BCUT2D eigenvalue weighted by molar-refractivity contribution is 0.0328. The molecule has 0 bridgehead atoms. The molecule has 4 nitrogen and oxygen atoms in total. The van der Waals surface area contributed by atoms with Gasteiger partial charge in [0.05, 0.1) is 11.7 Å². The van der Waals surface area contributed by atoms with Crippen molar-refractivity contribution in [2.24, 2.45) is 11.8 Å². The number of nitrogens with zero attached hydrogens (tertiary/aromatic N) is 1. The molecule has 1 saturated heterocycles. The van der Waals surface area contributed by atoms with Gasteiger partial charge in [-0.25, -0.2) is 0 Å². The molecular formula is C22H27NO3. The lowest BCUT2D eigenvalue weighted by Gasteiger charge is -2.27. The van der Waals surface area contributed by atoms with Crippen LogP contribution in [0.2, 0.25) is 0 Å². The van der Waals surface area contributed by atoms with Gasteiger partial charge in [0.1, 0.15) is 5.75 Å². The number of aliphatic hydroxyl groups is 2. The minimum Gasteiger partial charge on any atom is -0.508 e. The molecule has 1 unspecified atom stereocenters. The number of hydrogen-bond acceptors (Lipinski definition) is 4. The zero-order valence-electron chi connectivity index (χ0n) is 15.0. The maximum absolute atomic E-state index is 11.0. The van der Waals surface area contributed by atoms with Gasteiger partial charge in [-0.3, -0.25) is 4.90 Å². The summed E-state index contributed by atoms with van der Waals surface area (Å²) >= 11 is 0. The van der Waals surface area contributed by atoms with Crippen molar-refractivity contribution < 1.29 is 15.3 Å². The Bertz CT molecular complexity index is 717. The van der Waals surface area contributed by atoms with Crippen LogP contribution in [0.1, 0.15) is 30.1 Å². The van der Waals surface area contributed by atoms with Gasteiger partial charge in [-0.05, 0) is 47.9 Å². The number of fused-ring (bicyclic) bond motifs is 1. The first kappa shape index (κ1) is 17.5. The lowest BCUT2D eigenvalue weighted by Crippen LogP contribution is -2.33. The number of β-amino-alcohol motifs (C(OH)–C–C–N with tert-alkyl or cyclic N) is 1. The Balaban J connectivity index is 1.32. The van der Waals surface area contributed by atoms with Crippen LogP contribution in [-0.4, -0.2) is 45.5 Å². The molecule has 2 aromatic rings. The molecule has 4 atom stereocenters. The molecule has 0 radical (unpaired) electrons. The average molecular weight is 353 g/mol. The topological polar surface area (TPSA) is 63.9 Å². The van der Waals surface area contributed by atoms with Gasteiger partial charge >= 0.3 is 0 Å². The third-order valence-corrected chi connectivity index (χ3v) is 6.02. The summed E-state index contributed by atoms with van der Waals surface area (Å²) in [6, 6.07) is 17.0. The first-order valence-corrected chi connectivity index (χ1v) is 9.46. The van der Waals surface area contributed by atoms with Crippen LogP contribution in [0.3, 0.4) is 0 Å². The highest BCUT2D eigenvalue weighted by Gasteiger charge is 2.48. The average Bonchev–Trinajstić information content (AvgIpc) is 3.10. The minimum absolute atomic E-state index is 0.217. The third-order valence-electron chi connectivity index (χ3n) is 6.02. The first-order chi connectivity index (χ1) is 12.5. The van der Waals surface area contributed by atoms with Crippen molar-refractivity contribution in [3.05, 3.63) is 65.7 Å². The molecular weight excluding hydrogens is 326 g/mol. The van der Waals surface area contributed by atoms with Gasteiger partial charge in [-0.15, -0.1) is 0 Å². The second-order valence-electron chi connectivity index (χ2n) is 8.14. The van der Waals surface area contributed by atoms with Crippen molar-refractivity contribution in [1.82, 2.24) is 4.90 Å². The Hall–Kier alpha value is -1.88. The number of aromatic hydroxyl groups is 1. The van der Waals surface area contributed by atoms with E-state index in [9.17, 15) is 15.3 Å². The summed E-state index contributed by atoms with van der Waals surface area (Å²) in [6.07, 6.45) is 1.88. The van der Waals surface area contributed by atoms with Crippen molar-refractivity contribution in [1.29, 1.82) is 0 Å². The number of phenols is 1. The van der Waals surface area contributed by atoms with Crippen molar-refractivity contribution in [2.45, 2.75) is 31.0 Å². The van der Waals surface area contributed by atoms with Gasteiger partial charge in [-0.1, -0.05) is 42.5 Å². The predicted molar refractivity (Wildman–Crippen MR) is 101 cm³/mol. The van der Waals surface area contributed by atoms with E-state index in [-0.39, 0.29) is 5.75 Å². The minimum atomic E-state index is -0.585. The number of phenolic OH excluding ortho intramolecular Hbond substituents is 1. The molecule has 0 spiro atoms. The highest BCUT2D eigenvalue weighted by atomic mass is 16.3. The van der Waals surface area contributed by atoms with Crippen LogP contribution in [0, 0.1) is 11.8 Å². The lowest BCUT2D eigenvalue weighted by atomic mass is 9.91. The quantitative estimate of drug-likeness (QED) is 0.773. The normalized spacial score (nSPS) is 29.6. The number of benzene rings is 2. The maximum atomic E-state index is 11.0. The summed E-state index contributed by atoms with van der Waals surface area (Å²) in [4.78, 5) is 2.31.